The first-order valence-electron chi connectivity index (χ1n) is 9.64. The van der Waals surface area contributed by atoms with Gasteiger partial charge in [0.2, 0.25) is 5.91 Å². The van der Waals surface area contributed by atoms with E-state index < -0.39 is 11.2 Å². The minimum Gasteiger partial charge on any atom is -0.497 e. The van der Waals surface area contributed by atoms with Crippen LogP contribution in [0, 0.1) is 0 Å². The molecule has 1 aliphatic rings. The molecule has 0 radical (unpaired) electrons. The molecule has 158 valence electrons. The van der Waals surface area contributed by atoms with Crippen LogP contribution in [0.15, 0.2) is 53.5 Å². The third-order valence-electron chi connectivity index (χ3n) is 4.57. The molecule has 7 nitrogen and oxygen atoms in total. The molecule has 1 amide bonds. The highest BCUT2D eigenvalue weighted by Crippen LogP contribution is 2.30. The number of carbonyl (C=O) groups excluding carboxylic acids is 1. The average molecular weight is 429 g/mol. The lowest BCUT2D eigenvalue weighted by Gasteiger charge is -2.30. The lowest BCUT2D eigenvalue weighted by Crippen LogP contribution is -2.44. The second kappa shape index (κ2) is 10.2. The van der Waals surface area contributed by atoms with Crippen molar-refractivity contribution in [1.82, 2.24) is 4.90 Å². The molecule has 0 aromatic heterocycles. The van der Waals surface area contributed by atoms with Crippen molar-refractivity contribution >= 4 is 34.5 Å². The maximum absolute atomic E-state index is 12.7. The molecule has 1 heterocycles. The number of hydrogen-bond acceptors (Lipinski definition) is 6. The summed E-state index contributed by atoms with van der Waals surface area (Å²) in [4.78, 5) is 30.3. The number of thioether (sulfide) groups is 1. The van der Waals surface area contributed by atoms with Crippen molar-refractivity contribution in [3.63, 3.8) is 0 Å². The molecule has 1 fully saturated rings. The lowest BCUT2D eigenvalue weighted by molar-refractivity contribution is -0.139. The maximum Gasteiger partial charge on any atom is 0.317 e. The van der Waals surface area contributed by atoms with Crippen molar-refractivity contribution in [3.8, 4) is 11.5 Å². The molecule has 0 aliphatic carbocycles. The molecule has 2 aromatic rings. The first kappa shape index (κ1) is 21.7. The molecule has 1 atom stereocenters. The summed E-state index contributed by atoms with van der Waals surface area (Å²) >= 11 is 1.11. The van der Waals surface area contributed by atoms with E-state index in [0.29, 0.717) is 30.4 Å². The number of nitrogens with zero attached hydrogens (tertiary/aromatic N) is 2. The zero-order chi connectivity index (χ0) is 21.5. The first-order valence-corrected chi connectivity index (χ1v) is 10.5. The molecular weight excluding hydrogens is 404 g/mol. The normalized spacial score (nSPS) is 17.8. The SMILES string of the molecule is CCOc1ccc(N=C2SC(C(=O)O)CC(=O)N2CCc2ccc(OC)cc2)cc1. The molecule has 0 saturated carbocycles. The van der Waals surface area contributed by atoms with Crippen LogP contribution in [0.3, 0.4) is 0 Å². The van der Waals surface area contributed by atoms with Gasteiger partial charge in [0.15, 0.2) is 5.17 Å². The number of amidine groups is 1. The topological polar surface area (TPSA) is 88.4 Å². The van der Waals surface area contributed by atoms with Gasteiger partial charge in [-0.2, -0.15) is 0 Å². The van der Waals surface area contributed by atoms with Gasteiger partial charge in [-0.15, -0.1) is 0 Å². The number of carbonyl (C=O) groups is 2. The maximum atomic E-state index is 12.7. The Morgan fingerprint density at radius 3 is 2.43 bits per heavy atom. The summed E-state index contributed by atoms with van der Waals surface area (Å²) in [7, 11) is 1.61. The summed E-state index contributed by atoms with van der Waals surface area (Å²) in [5.74, 6) is 0.251. The monoisotopic (exact) mass is 428 g/mol. The van der Waals surface area contributed by atoms with Crippen molar-refractivity contribution in [2.75, 3.05) is 20.3 Å². The molecular formula is C22H24N2O5S. The smallest absolute Gasteiger partial charge is 0.317 e. The molecule has 2 aromatic carbocycles. The highest BCUT2D eigenvalue weighted by Gasteiger charge is 2.35. The van der Waals surface area contributed by atoms with Gasteiger partial charge in [-0.25, -0.2) is 4.99 Å². The number of methoxy groups -OCH3 is 1. The molecule has 3 rings (SSSR count). The highest BCUT2D eigenvalue weighted by molar-refractivity contribution is 8.15. The molecule has 8 heteroatoms. The van der Waals surface area contributed by atoms with E-state index in [9.17, 15) is 14.7 Å². The summed E-state index contributed by atoms with van der Waals surface area (Å²) in [6, 6.07) is 14.8. The lowest BCUT2D eigenvalue weighted by atomic mass is 10.1. The Morgan fingerprint density at radius 1 is 1.17 bits per heavy atom. The molecule has 30 heavy (non-hydrogen) atoms. The molecule has 0 bridgehead atoms. The van der Waals surface area contributed by atoms with Gasteiger partial charge in [0.05, 0.1) is 25.8 Å². The van der Waals surface area contributed by atoms with Crippen LogP contribution >= 0.6 is 11.8 Å². The van der Waals surface area contributed by atoms with E-state index >= 15 is 0 Å². The van der Waals surface area contributed by atoms with Gasteiger partial charge in [-0.1, -0.05) is 23.9 Å². The van der Waals surface area contributed by atoms with Crippen LogP contribution in [0.2, 0.25) is 0 Å². The van der Waals surface area contributed by atoms with Gasteiger partial charge >= 0.3 is 5.97 Å². The Labute approximate surface area is 179 Å². The number of amides is 1. The number of aliphatic carboxylic acids is 1. The largest absolute Gasteiger partial charge is 0.497 e. The number of rotatable bonds is 8. The van der Waals surface area contributed by atoms with E-state index in [1.54, 1.807) is 36.3 Å². The van der Waals surface area contributed by atoms with Crippen molar-refractivity contribution in [3.05, 3.63) is 54.1 Å². The number of aliphatic imine (C=N–C) groups is 1. The molecule has 1 unspecified atom stereocenters. The van der Waals surface area contributed by atoms with Crippen molar-refractivity contribution in [2.24, 2.45) is 4.99 Å². The Bertz CT molecular complexity index is 912. The van der Waals surface area contributed by atoms with Crippen LogP contribution in [-0.4, -0.2) is 52.6 Å². The van der Waals surface area contributed by atoms with E-state index in [2.05, 4.69) is 4.99 Å². The predicted molar refractivity (Wildman–Crippen MR) is 117 cm³/mol. The molecule has 1 aliphatic heterocycles. The van der Waals surface area contributed by atoms with Crippen LogP contribution in [0.5, 0.6) is 11.5 Å². The number of hydrogen-bond donors (Lipinski definition) is 1. The fraction of sp³-hybridized carbons (Fsp3) is 0.318. The van der Waals surface area contributed by atoms with Gasteiger partial charge in [-0.3, -0.25) is 14.5 Å². The highest BCUT2D eigenvalue weighted by atomic mass is 32.2. The number of carboxylic acid groups (broad SMARTS) is 1. The summed E-state index contributed by atoms with van der Waals surface area (Å²) in [5, 5.41) is 8.97. The first-order chi connectivity index (χ1) is 14.5. The van der Waals surface area contributed by atoms with Crippen LogP contribution in [0.1, 0.15) is 18.9 Å². The van der Waals surface area contributed by atoms with E-state index in [-0.39, 0.29) is 12.3 Å². The van der Waals surface area contributed by atoms with Crippen LogP contribution in [0.4, 0.5) is 5.69 Å². The van der Waals surface area contributed by atoms with Crippen LogP contribution in [-0.2, 0) is 16.0 Å². The van der Waals surface area contributed by atoms with Crippen molar-refractivity contribution in [1.29, 1.82) is 0 Å². The quantitative estimate of drug-likeness (QED) is 0.689. The number of ether oxygens (including phenoxy) is 2. The summed E-state index contributed by atoms with van der Waals surface area (Å²) in [5.41, 5.74) is 1.68. The summed E-state index contributed by atoms with van der Waals surface area (Å²) in [6.45, 7) is 2.89. The molecule has 0 spiro atoms. The zero-order valence-corrected chi connectivity index (χ0v) is 17.7. The van der Waals surface area contributed by atoms with E-state index in [4.69, 9.17) is 9.47 Å². The Morgan fingerprint density at radius 2 is 1.83 bits per heavy atom. The third kappa shape index (κ3) is 5.54. The Kier molecular flexibility index (Phi) is 7.35. The predicted octanol–water partition coefficient (Wildman–Crippen LogP) is 3.74. The zero-order valence-electron chi connectivity index (χ0n) is 16.9. The van der Waals surface area contributed by atoms with E-state index in [0.717, 1.165) is 28.8 Å². The second-order valence-corrected chi connectivity index (χ2v) is 7.78. The number of carboxylic acids is 1. The summed E-state index contributed by atoms with van der Waals surface area (Å²) in [6.07, 6.45) is 0.571. The number of benzene rings is 2. The fourth-order valence-corrected chi connectivity index (χ4v) is 4.04. The molecule has 1 N–H and O–H groups in total. The van der Waals surface area contributed by atoms with Crippen LogP contribution < -0.4 is 9.47 Å². The van der Waals surface area contributed by atoms with Crippen LogP contribution in [0.25, 0.3) is 0 Å². The van der Waals surface area contributed by atoms with Crippen molar-refractivity contribution in [2.45, 2.75) is 25.0 Å². The molecule has 1 saturated heterocycles. The second-order valence-electron chi connectivity index (χ2n) is 6.61. The van der Waals surface area contributed by atoms with Gasteiger partial charge in [-0.05, 0) is 55.3 Å². The van der Waals surface area contributed by atoms with Gasteiger partial charge in [0.1, 0.15) is 16.7 Å². The summed E-state index contributed by atoms with van der Waals surface area (Å²) < 4.78 is 10.6. The standard InChI is InChI=1S/C22H24N2O5S/c1-3-29-18-10-6-16(7-11-18)23-22-24(20(25)14-19(30-22)21(26)27)13-12-15-4-8-17(28-2)9-5-15/h4-11,19H,3,12-14H2,1-2H3,(H,26,27). The van der Waals surface area contributed by atoms with Gasteiger partial charge in [0.25, 0.3) is 0 Å². The average Bonchev–Trinajstić information content (AvgIpc) is 2.75. The minimum absolute atomic E-state index is 0.0507. The fourth-order valence-electron chi connectivity index (χ4n) is 2.98. The van der Waals surface area contributed by atoms with E-state index in [1.165, 1.54) is 0 Å². The Balaban J connectivity index is 1.80. The van der Waals surface area contributed by atoms with Gasteiger partial charge < -0.3 is 14.6 Å². The van der Waals surface area contributed by atoms with Crippen molar-refractivity contribution < 1.29 is 24.2 Å². The minimum atomic E-state index is -1.01. The van der Waals surface area contributed by atoms with Gasteiger partial charge in [0, 0.05) is 6.54 Å². The Hall–Kier alpha value is -3.00. The third-order valence-corrected chi connectivity index (χ3v) is 5.75. The van der Waals surface area contributed by atoms with E-state index in [1.807, 2.05) is 31.2 Å².